The number of ether oxygens (including phenoxy) is 3. The molecule has 0 amide bonds. The lowest BCUT2D eigenvalue weighted by atomic mass is 9.86. The third-order valence-corrected chi connectivity index (χ3v) is 6.80. The zero-order valence-corrected chi connectivity index (χ0v) is 17.9. The quantitative estimate of drug-likeness (QED) is 0.495. The number of carbonyl (C=O) groups excluding carboxylic acids is 1. The predicted molar refractivity (Wildman–Crippen MR) is 115 cm³/mol. The SMILES string of the molecule is CCCc1c2c(nc3cc4c(cc13)OCO4)-c1cc3c(c(=O)n1C2)COC(=O)[C@]3(O)CC. The molecular weight excluding hydrogens is 412 g/mol. The highest BCUT2D eigenvalue weighted by Crippen LogP contribution is 2.43. The smallest absolute Gasteiger partial charge is 0.343 e. The van der Waals surface area contributed by atoms with E-state index in [2.05, 4.69) is 6.92 Å². The van der Waals surface area contributed by atoms with Gasteiger partial charge in [-0.05, 0) is 30.5 Å². The molecule has 3 aliphatic heterocycles. The topological polar surface area (TPSA) is 99.9 Å². The van der Waals surface area contributed by atoms with E-state index >= 15 is 0 Å². The van der Waals surface area contributed by atoms with Crippen LogP contribution in [-0.4, -0.2) is 27.4 Å². The van der Waals surface area contributed by atoms with E-state index in [0.29, 0.717) is 40.6 Å². The van der Waals surface area contributed by atoms with Gasteiger partial charge in [-0.25, -0.2) is 9.78 Å². The molecule has 0 fully saturated rings. The van der Waals surface area contributed by atoms with Crippen LogP contribution in [0.1, 0.15) is 48.9 Å². The lowest BCUT2D eigenvalue weighted by Crippen LogP contribution is -2.44. The predicted octanol–water partition coefficient (Wildman–Crippen LogP) is 2.76. The first-order valence-electron chi connectivity index (χ1n) is 10.9. The van der Waals surface area contributed by atoms with Crippen molar-refractivity contribution in [2.24, 2.45) is 0 Å². The molecule has 1 atom stereocenters. The summed E-state index contributed by atoms with van der Waals surface area (Å²) in [7, 11) is 0. The van der Waals surface area contributed by atoms with Gasteiger partial charge in [0.2, 0.25) is 6.79 Å². The van der Waals surface area contributed by atoms with Gasteiger partial charge >= 0.3 is 5.97 Å². The Morgan fingerprint density at radius 2 is 1.88 bits per heavy atom. The Bertz CT molecular complexity index is 1390. The molecule has 0 saturated heterocycles. The Morgan fingerprint density at radius 1 is 1.09 bits per heavy atom. The van der Waals surface area contributed by atoms with Crippen LogP contribution in [0.5, 0.6) is 11.5 Å². The lowest BCUT2D eigenvalue weighted by Gasteiger charge is -2.31. The Kier molecular flexibility index (Phi) is 3.96. The van der Waals surface area contributed by atoms with Gasteiger partial charge in [0.05, 0.1) is 29.0 Å². The Labute approximate surface area is 183 Å². The fourth-order valence-electron chi connectivity index (χ4n) is 5.09. The van der Waals surface area contributed by atoms with Crippen molar-refractivity contribution < 1.29 is 24.1 Å². The Balaban J connectivity index is 1.65. The number of aromatic nitrogens is 2. The number of rotatable bonds is 3. The second-order valence-corrected chi connectivity index (χ2v) is 8.49. The average Bonchev–Trinajstić information content (AvgIpc) is 3.40. The summed E-state index contributed by atoms with van der Waals surface area (Å²) in [5.41, 5.74) is 2.77. The zero-order valence-electron chi connectivity index (χ0n) is 17.9. The van der Waals surface area contributed by atoms with Crippen molar-refractivity contribution in [3.05, 3.63) is 50.8 Å². The number of benzene rings is 1. The van der Waals surface area contributed by atoms with Gasteiger partial charge < -0.3 is 23.9 Å². The minimum absolute atomic E-state index is 0.115. The second-order valence-electron chi connectivity index (χ2n) is 8.49. The number of cyclic esters (lactones) is 1. The van der Waals surface area contributed by atoms with E-state index in [4.69, 9.17) is 19.2 Å². The molecule has 0 aliphatic carbocycles. The summed E-state index contributed by atoms with van der Waals surface area (Å²) >= 11 is 0. The molecule has 3 aromatic rings. The average molecular weight is 434 g/mol. The van der Waals surface area contributed by atoms with E-state index in [0.717, 1.165) is 34.9 Å². The molecule has 0 radical (unpaired) electrons. The van der Waals surface area contributed by atoms with Gasteiger partial charge in [-0.3, -0.25) is 4.79 Å². The zero-order chi connectivity index (χ0) is 22.2. The summed E-state index contributed by atoms with van der Waals surface area (Å²) in [5, 5.41) is 12.0. The molecule has 8 nitrogen and oxygen atoms in total. The van der Waals surface area contributed by atoms with Crippen LogP contribution in [0.3, 0.4) is 0 Å². The van der Waals surface area contributed by atoms with Gasteiger partial charge in [0.25, 0.3) is 5.56 Å². The van der Waals surface area contributed by atoms with Gasteiger partial charge in [0.1, 0.15) is 6.61 Å². The first-order chi connectivity index (χ1) is 15.5. The van der Waals surface area contributed by atoms with Crippen molar-refractivity contribution in [2.45, 2.75) is 51.9 Å². The third kappa shape index (κ3) is 2.38. The summed E-state index contributed by atoms with van der Waals surface area (Å²) in [6.45, 7) is 4.25. The Morgan fingerprint density at radius 3 is 2.62 bits per heavy atom. The molecule has 1 aromatic carbocycles. The van der Waals surface area contributed by atoms with E-state index in [1.54, 1.807) is 17.6 Å². The summed E-state index contributed by atoms with van der Waals surface area (Å²) in [6.07, 6.45) is 1.87. The van der Waals surface area contributed by atoms with E-state index in [-0.39, 0.29) is 25.4 Å². The molecule has 0 bridgehead atoms. The highest BCUT2D eigenvalue weighted by atomic mass is 16.7. The number of esters is 1. The molecule has 6 rings (SSSR count). The highest BCUT2D eigenvalue weighted by Gasteiger charge is 2.45. The molecule has 0 unspecified atom stereocenters. The van der Waals surface area contributed by atoms with E-state index in [9.17, 15) is 14.7 Å². The fraction of sp³-hybridized carbons (Fsp3) is 0.375. The lowest BCUT2D eigenvalue weighted by molar-refractivity contribution is -0.172. The maximum atomic E-state index is 13.4. The molecule has 32 heavy (non-hydrogen) atoms. The minimum atomic E-state index is -1.83. The standard InChI is InChI=1S/C24H22N2O6/c1-3-5-12-13-6-19-20(32-11-31-19)8-17(13)25-21-14(12)9-26-18(21)7-16-15(22(26)27)10-30-23(28)24(16,29)4-2/h6-8,29H,3-5,9-11H2,1-2H3/t24-/m0/s1. The second kappa shape index (κ2) is 6.56. The normalized spacial score (nSPS) is 20.2. The van der Waals surface area contributed by atoms with Crippen molar-refractivity contribution in [2.75, 3.05) is 6.79 Å². The van der Waals surface area contributed by atoms with Gasteiger partial charge in [-0.1, -0.05) is 20.3 Å². The maximum Gasteiger partial charge on any atom is 0.343 e. The van der Waals surface area contributed by atoms with Crippen LogP contribution in [0.15, 0.2) is 23.0 Å². The number of pyridine rings is 2. The van der Waals surface area contributed by atoms with Crippen LogP contribution in [0.4, 0.5) is 0 Å². The summed E-state index contributed by atoms with van der Waals surface area (Å²) in [5.74, 6) is 0.626. The van der Waals surface area contributed by atoms with E-state index in [1.807, 2.05) is 12.1 Å². The maximum absolute atomic E-state index is 13.4. The molecular formula is C24H22N2O6. The monoisotopic (exact) mass is 434 g/mol. The van der Waals surface area contributed by atoms with Crippen LogP contribution in [0, 0.1) is 0 Å². The van der Waals surface area contributed by atoms with Crippen molar-refractivity contribution >= 4 is 16.9 Å². The van der Waals surface area contributed by atoms with Crippen LogP contribution >= 0.6 is 0 Å². The summed E-state index contributed by atoms with van der Waals surface area (Å²) in [4.78, 5) is 30.7. The van der Waals surface area contributed by atoms with Gasteiger partial charge in [0, 0.05) is 22.6 Å². The molecule has 5 heterocycles. The van der Waals surface area contributed by atoms with Crippen LogP contribution in [0.25, 0.3) is 22.3 Å². The van der Waals surface area contributed by atoms with Gasteiger partial charge in [-0.15, -0.1) is 0 Å². The minimum Gasteiger partial charge on any atom is -0.458 e. The molecule has 0 spiro atoms. The number of hydrogen-bond acceptors (Lipinski definition) is 7. The number of nitrogens with zero attached hydrogens (tertiary/aromatic N) is 2. The largest absolute Gasteiger partial charge is 0.458 e. The third-order valence-electron chi connectivity index (χ3n) is 6.80. The summed E-state index contributed by atoms with van der Waals surface area (Å²) in [6, 6.07) is 5.58. The van der Waals surface area contributed by atoms with Crippen LogP contribution in [0.2, 0.25) is 0 Å². The molecule has 3 aliphatic rings. The number of aryl methyl sites for hydroxylation is 1. The summed E-state index contributed by atoms with van der Waals surface area (Å²) < 4.78 is 17.9. The first-order valence-corrected chi connectivity index (χ1v) is 10.9. The van der Waals surface area contributed by atoms with Crippen LogP contribution in [-0.2, 0) is 34.7 Å². The van der Waals surface area contributed by atoms with Gasteiger partial charge in [0.15, 0.2) is 17.1 Å². The number of carbonyl (C=O) groups is 1. The number of aliphatic hydroxyl groups is 1. The fourth-order valence-corrected chi connectivity index (χ4v) is 5.09. The van der Waals surface area contributed by atoms with Crippen LogP contribution < -0.4 is 15.0 Å². The van der Waals surface area contributed by atoms with Crippen molar-refractivity contribution in [3.63, 3.8) is 0 Å². The van der Waals surface area contributed by atoms with E-state index in [1.165, 1.54) is 0 Å². The van der Waals surface area contributed by atoms with Crippen molar-refractivity contribution in [1.82, 2.24) is 9.55 Å². The Hall–Kier alpha value is -3.39. The van der Waals surface area contributed by atoms with Crippen molar-refractivity contribution in [1.29, 1.82) is 0 Å². The first kappa shape index (κ1) is 19.3. The number of fused-ring (bicyclic) bond motifs is 6. The number of hydrogen-bond donors (Lipinski definition) is 1. The van der Waals surface area contributed by atoms with Crippen molar-refractivity contribution in [3.8, 4) is 22.9 Å². The molecule has 1 N–H and O–H groups in total. The van der Waals surface area contributed by atoms with E-state index < -0.39 is 11.6 Å². The molecule has 8 heteroatoms. The van der Waals surface area contributed by atoms with Gasteiger partial charge in [-0.2, -0.15) is 0 Å². The molecule has 2 aromatic heterocycles. The molecule has 164 valence electrons. The molecule has 0 saturated carbocycles. The highest BCUT2D eigenvalue weighted by molar-refractivity contribution is 5.91.